The van der Waals surface area contributed by atoms with E-state index in [4.69, 9.17) is 16.6 Å². The molecule has 1 aliphatic heterocycles. The van der Waals surface area contributed by atoms with Crippen LogP contribution in [0.1, 0.15) is 40.0 Å². The molecule has 0 aliphatic carbocycles. The summed E-state index contributed by atoms with van der Waals surface area (Å²) in [7, 11) is 0. The molecular formula is C31H32ClN5OS. The summed E-state index contributed by atoms with van der Waals surface area (Å²) in [5.74, 6) is 1.41. The molecular weight excluding hydrogens is 526 g/mol. The summed E-state index contributed by atoms with van der Waals surface area (Å²) in [6.07, 6.45) is 0. The van der Waals surface area contributed by atoms with Gasteiger partial charge >= 0.3 is 0 Å². The third kappa shape index (κ3) is 7.60. The van der Waals surface area contributed by atoms with Gasteiger partial charge in [-0.2, -0.15) is 0 Å². The summed E-state index contributed by atoms with van der Waals surface area (Å²) < 4.78 is 0. The van der Waals surface area contributed by atoms with Crippen LogP contribution in [0, 0.1) is 0 Å². The van der Waals surface area contributed by atoms with Gasteiger partial charge in [0.1, 0.15) is 11.0 Å². The third-order valence-corrected chi connectivity index (χ3v) is 7.92. The number of carbonyl (C=O) groups excluding carboxylic acids is 1. The minimum atomic E-state index is -0.0918. The lowest BCUT2D eigenvalue weighted by molar-refractivity contribution is 0.0940. The number of thioether (sulfide) groups is 1. The van der Waals surface area contributed by atoms with Gasteiger partial charge in [0.2, 0.25) is 0 Å². The lowest BCUT2D eigenvalue weighted by Gasteiger charge is -2.35. The maximum absolute atomic E-state index is 12.9. The number of nitrogens with one attached hydrogen (secondary N) is 1. The molecule has 0 bridgehead atoms. The quantitative estimate of drug-likeness (QED) is 0.149. The summed E-state index contributed by atoms with van der Waals surface area (Å²) in [6, 6.07) is 30.0. The average molecular weight is 558 g/mol. The summed E-state index contributed by atoms with van der Waals surface area (Å²) in [6.45, 7) is 6.67. The maximum atomic E-state index is 12.9. The molecule has 1 atom stereocenters. The zero-order valence-electron chi connectivity index (χ0n) is 22.0. The minimum Gasteiger partial charge on any atom is -0.354 e. The fraction of sp³-hybridized carbons (Fsp3) is 0.258. The lowest BCUT2D eigenvalue weighted by Crippen LogP contribution is -2.46. The first-order valence-corrected chi connectivity index (χ1v) is 14.5. The van der Waals surface area contributed by atoms with Crippen LogP contribution in [0.15, 0.2) is 96.2 Å². The SMILES string of the molecule is CC(NC(=O)c1cccc(CSc2nc(Cl)cc(N3CCN(Cc4ccccc4)CC3)n2)c1)c1ccccc1. The second kappa shape index (κ2) is 13.1. The van der Waals surface area contributed by atoms with Gasteiger partial charge in [-0.15, -0.1) is 0 Å². The Morgan fingerprint density at radius 2 is 1.59 bits per heavy atom. The van der Waals surface area contributed by atoms with E-state index in [1.807, 2.05) is 67.6 Å². The summed E-state index contributed by atoms with van der Waals surface area (Å²) in [4.78, 5) is 26.9. The van der Waals surface area contributed by atoms with E-state index >= 15 is 0 Å². The Kier molecular flexibility index (Phi) is 9.14. The van der Waals surface area contributed by atoms with Crippen LogP contribution in [0.4, 0.5) is 5.82 Å². The van der Waals surface area contributed by atoms with Gasteiger partial charge in [-0.3, -0.25) is 9.69 Å². The molecule has 4 aromatic rings. The molecule has 5 rings (SSSR count). The van der Waals surface area contributed by atoms with Gasteiger partial charge in [0, 0.05) is 50.1 Å². The summed E-state index contributed by atoms with van der Waals surface area (Å²) in [5.41, 5.74) is 4.07. The standard InChI is InChI=1S/C31H32ClN5OS/c1-23(26-12-6-3-7-13-26)33-30(38)27-14-8-11-25(19-27)22-39-31-34-28(32)20-29(35-31)37-17-15-36(16-18-37)21-24-9-4-2-5-10-24/h2-14,19-20,23H,15-18,21-22H2,1H3,(H,33,38). The largest absolute Gasteiger partial charge is 0.354 e. The molecule has 2 heterocycles. The smallest absolute Gasteiger partial charge is 0.251 e. The van der Waals surface area contributed by atoms with E-state index in [1.54, 1.807) is 0 Å². The maximum Gasteiger partial charge on any atom is 0.251 e. The highest BCUT2D eigenvalue weighted by Crippen LogP contribution is 2.26. The first kappa shape index (κ1) is 27.2. The number of hydrogen-bond acceptors (Lipinski definition) is 6. The van der Waals surface area contributed by atoms with Gasteiger partial charge in [-0.1, -0.05) is 96.2 Å². The van der Waals surface area contributed by atoms with Crippen LogP contribution in [0.5, 0.6) is 0 Å². The Morgan fingerprint density at radius 3 is 2.33 bits per heavy atom. The molecule has 1 N–H and O–H groups in total. The van der Waals surface area contributed by atoms with Crippen molar-refractivity contribution in [3.05, 3.63) is 118 Å². The van der Waals surface area contributed by atoms with E-state index in [0.717, 1.165) is 49.7 Å². The Bertz CT molecular complexity index is 1380. The molecule has 1 unspecified atom stereocenters. The molecule has 1 aliphatic rings. The number of amides is 1. The Labute approximate surface area is 239 Å². The van der Waals surface area contributed by atoms with Gasteiger partial charge in [0.05, 0.1) is 6.04 Å². The minimum absolute atomic E-state index is 0.0739. The summed E-state index contributed by atoms with van der Waals surface area (Å²) >= 11 is 7.92. The monoisotopic (exact) mass is 557 g/mol. The van der Waals surface area contributed by atoms with Crippen molar-refractivity contribution in [1.82, 2.24) is 20.2 Å². The van der Waals surface area contributed by atoms with Crippen molar-refractivity contribution in [1.29, 1.82) is 0 Å². The van der Waals surface area contributed by atoms with Crippen molar-refractivity contribution < 1.29 is 4.79 Å². The van der Waals surface area contributed by atoms with E-state index in [0.29, 0.717) is 21.6 Å². The van der Waals surface area contributed by atoms with Gasteiger partial charge in [0.15, 0.2) is 5.16 Å². The molecule has 8 heteroatoms. The number of aromatic nitrogens is 2. The highest BCUT2D eigenvalue weighted by molar-refractivity contribution is 7.98. The van der Waals surface area contributed by atoms with E-state index in [2.05, 4.69) is 50.4 Å². The zero-order chi connectivity index (χ0) is 27.0. The van der Waals surface area contributed by atoms with Crippen LogP contribution in [-0.2, 0) is 12.3 Å². The van der Waals surface area contributed by atoms with Crippen LogP contribution >= 0.6 is 23.4 Å². The fourth-order valence-corrected chi connectivity index (χ4v) is 5.67. The zero-order valence-corrected chi connectivity index (χ0v) is 23.5. The first-order valence-electron chi connectivity index (χ1n) is 13.2. The number of halogens is 1. The van der Waals surface area contributed by atoms with Crippen molar-refractivity contribution in [3.63, 3.8) is 0 Å². The highest BCUT2D eigenvalue weighted by Gasteiger charge is 2.20. The van der Waals surface area contributed by atoms with Crippen LogP contribution < -0.4 is 10.2 Å². The van der Waals surface area contributed by atoms with Gasteiger partial charge in [-0.05, 0) is 35.7 Å². The number of rotatable bonds is 9. The van der Waals surface area contributed by atoms with Crippen molar-refractivity contribution in [2.24, 2.45) is 0 Å². The topological polar surface area (TPSA) is 61.4 Å². The van der Waals surface area contributed by atoms with Crippen molar-refractivity contribution in [2.75, 3.05) is 31.1 Å². The molecule has 0 spiro atoms. The average Bonchev–Trinajstić information content (AvgIpc) is 2.97. The number of benzene rings is 3. The predicted octanol–water partition coefficient (Wildman–Crippen LogP) is 6.24. The highest BCUT2D eigenvalue weighted by atomic mass is 35.5. The number of piperazine rings is 1. The first-order chi connectivity index (χ1) is 19.0. The number of anilines is 1. The Balaban J connectivity index is 1.17. The number of carbonyl (C=O) groups is 1. The fourth-order valence-electron chi connectivity index (χ4n) is 4.64. The Hall–Kier alpha value is -3.39. The van der Waals surface area contributed by atoms with E-state index in [-0.39, 0.29) is 11.9 Å². The lowest BCUT2D eigenvalue weighted by atomic mass is 10.1. The van der Waals surface area contributed by atoms with Crippen molar-refractivity contribution >= 4 is 35.1 Å². The molecule has 1 saturated heterocycles. The van der Waals surface area contributed by atoms with Gasteiger partial charge in [-0.25, -0.2) is 9.97 Å². The van der Waals surface area contributed by atoms with Crippen LogP contribution in [-0.4, -0.2) is 47.0 Å². The van der Waals surface area contributed by atoms with Crippen molar-refractivity contribution in [3.8, 4) is 0 Å². The molecule has 200 valence electrons. The van der Waals surface area contributed by atoms with Crippen LogP contribution in [0.25, 0.3) is 0 Å². The molecule has 1 fully saturated rings. The second-order valence-corrected chi connectivity index (χ2v) is 11.0. The molecule has 1 aromatic heterocycles. The van der Waals surface area contributed by atoms with Gasteiger partial charge in [0.25, 0.3) is 5.91 Å². The normalized spacial score (nSPS) is 14.7. The van der Waals surface area contributed by atoms with Crippen LogP contribution in [0.3, 0.4) is 0 Å². The van der Waals surface area contributed by atoms with E-state index < -0.39 is 0 Å². The molecule has 3 aromatic carbocycles. The van der Waals surface area contributed by atoms with Crippen LogP contribution in [0.2, 0.25) is 5.15 Å². The predicted molar refractivity (Wildman–Crippen MR) is 159 cm³/mol. The van der Waals surface area contributed by atoms with Crippen molar-refractivity contribution in [2.45, 2.75) is 30.4 Å². The third-order valence-electron chi connectivity index (χ3n) is 6.81. The summed E-state index contributed by atoms with van der Waals surface area (Å²) in [5, 5.41) is 4.16. The van der Waals surface area contributed by atoms with E-state index in [1.165, 1.54) is 17.3 Å². The van der Waals surface area contributed by atoms with E-state index in [9.17, 15) is 4.79 Å². The molecule has 0 radical (unpaired) electrons. The molecule has 1 amide bonds. The molecule has 0 saturated carbocycles. The second-order valence-electron chi connectivity index (χ2n) is 9.68. The number of hydrogen-bond donors (Lipinski definition) is 1. The van der Waals surface area contributed by atoms with Gasteiger partial charge < -0.3 is 10.2 Å². The molecule has 6 nitrogen and oxygen atoms in total. The number of nitrogens with zero attached hydrogens (tertiary/aromatic N) is 4. The Morgan fingerprint density at radius 1 is 0.897 bits per heavy atom. The molecule has 39 heavy (non-hydrogen) atoms.